The summed E-state index contributed by atoms with van der Waals surface area (Å²) in [5.74, 6) is 0.0649. The molecule has 0 atom stereocenters. The predicted octanol–water partition coefficient (Wildman–Crippen LogP) is 0.0974. The predicted molar refractivity (Wildman–Crippen MR) is 52.8 cm³/mol. The van der Waals surface area contributed by atoms with Crippen LogP contribution in [-0.2, 0) is 0 Å². The largest absolute Gasteiger partial charge is 0.383 e. The number of hydrogen-bond donors (Lipinski definition) is 2. The lowest BCUT2D eigenvalue weighted by atomic mass is 10.3. The van der Waals surface area contributed by atoms with Gasteiger partial charge in [0.2, 0.25) is 5.95 Å². The maximum Gasteiger partial charge on any atom is 0.288 e. The fourth-order valence-electron chi connectivity index (χ4n) is 1.14. The van der Waals surface area contributed by atoms with Crippen LogP contribution in [0.15, 0.2) is 12.3 Å². The molecule has 15 heavy (non-hydrogen) atoms. The van der Waals surface area contributed by atoms with Crippen LogP contribution in [0.3, 0.4) is 0 Å². The fourth-order valence-corrected chi connectivity index (χ4v) is 1.14. The Labute approximate surface area is 83.1 Å². The molecule has 4 N–H and O–H groups in total. The molecule has 0 amide bonds. The van der Waals surface area contributed by atoms with Gasteiger partial charge in [-0.2, -0.15) is 9.97 Å². The van der Waals surface area contributed by atoms with Crippen LogP contribution in [0.5, 0.6) is 0 Å². The third-order valence-corrected chi connectivity index (χ3v) is 1.79. The molecular formula is C7H6N6O2. The van der Waals surface area contributed by atoms with Gasteiger partial charge in [0.1, 0.15) is 12.0 Å². The Kier molecular flexibility index (Phi) is 1.82. The van der Waals surface area contributed by atoms with E-state index in [0.29, 0.717) is 5.39 Å². The Balaban J connectivity index is 2.76. The normalized spacial score (nSPS) is 10.4. The van der Waals surface area contributed by atoms with E-state index in [1.54, 1.807) is 0 Å². The summed E-state index contributed by atoms with van der Waals surface area (Å²) in [6, 6.07) is 1.26. The van der Waals surface area contributed by atoms with E-state index in [1.807, 2.05) is 0 Å². The molecule has 0 spiro atoms. The van der Waals surface area contributed by atoms with Gasteiger partial charge in [-0.3, -0.25) is 10.1 Å². The number of nitrogen functional groups attached to an aromatic ring is 2. The topological polar surface area (TPSA) is 134 Å². The van der Waals surface area contributed by atoms with Crippen molar-refractivity contribution in [1.29, 1.82) is 0 Å². The minimum atomic E-state index is -0.567. The molecule has 0 aliphatic carbocycles. The van der Waals surface area contributed by atoms with Crippen molar-refractivity contribution in [3.8, 4) is 0 Å². The van der Waals surface area contributed by atoms with Gasteiger partial charge in [-0.1, -0.05) is 0 Å². The molecule has 2 heterocycles. The van der Waals surface area contributed by atoms with E-state index >= 15 is 0 Å². The van der Waals surface area contributed by atoms with E-state index in [9.17, 15) is 10.1 Å². The van der Waals surface area contributed by atoms with Crippen molar-refractivity contribution >= 4 is 28.5 Å². The van der Waals surface area contributed by atoms with Crippen LogP contribution >= 0.6 is 0 Å². The summed E-state index contributed by atoms with van der Waals surface area (Å²) in [6.45, 7) is 0. The van der Waals surface area contributed by atoms with E-state index in [1.165, 1.54) is 6.07 Å². The number of fused-ring (bicyclic) bond motifs is 1. The average Bonchev–Trinajstić information content (AvgIpc) is 2.16. The Morgan fingerprint density at radius 2 is 2.07 bits per heavy atom. The molecule has 76 valence electrons. The van der Waals surface area contributed by atoms with E-state index in [4.69, 9.17) is 11.5 Å². The van der Waals surface area contributed by atoms with E-state index < -0.39 is 4.92 Å². The lowest BCUT2D eigenvalue weighted by molar-refractivity contribution is -0.385. The molecule has 2 rings (SSSR count). The van der Waals surface area contributed by atoms with Crippen LogP contribution in [0, 0.1) is 10.1 Å². The molecule has 0 saturated heterocycles. The van der Waals surface area contributed by atoms with Crippen molar-refractivity contribution in [3.63, 3.8) is 0 Å². The lowest BCUT2D eigenvalue weighted by Crippen LogP contribution is -2.02. The number of nitrogens with zero attached hydrogens (tertiary/aromatic N) is 4. The van der Waals surface area contributed by atoms with E-state index in [0.717, 1.165) is 6.20 Å². The van der Waals surface area contributed by atoms with Gasteiger partial charge in [0.05, 0.1) is 10.3 Å². The molecule has 0 aromatic carbocycles. The lowest BCUT2D eigenvalue weighted by Gasteiger charge is -2.00. The van der Waals surface area contributed by atoms with Crippen molar-refractivity contribution < 1.29 is 4.92 Å². The Hall–Kier alpha value is -2.51. The number of hydrogen-bond acceptors (Lipinski definition) is 7. The summed E-state index contributed by atoms with van der Waals surface area (Å²) in [5, 5.41) is 10.8. The SMILES string of the molecule is Nc1nc(N)c2cc([N+](=O)[O-])cnc2n1. The van der Waals surface area contributed by atoms with Gasteiger partial charge in [0, 0.05) is 6.07 Å². The zero-order valence-corrected chi connectivity index (χ0v) is 7.41. The summed E-state index contributed by atoms with van der Waals surface area (Å²) in [5.41, 5.74) is 11.0. The van der Waals surface area contributed by atoms with Crippen LogP contribution < -0.4 is 11.5 Å². The Morgan fingerprint density at radius 3 is 2.73 bits per heavy atom. The standard InChI is InChI=1S/C7H6N6O2/c8-5-4-1-3(13(14)15)2-10-6(4)12-7(9)11-5/h1-2H,(H4,8,9,10,11,12). The monoisotopic (exact) mass is 206 g/mol. The van der Waals surface area contributed by atoms with Crippen LogP contribution in [-0.4, -0.2) is 19.9 Å². The molecule has 0 saturated carbocycles. The van der Waals surface area contributed by atoms with Crippen LogP contribution in [0.2, 0.25) is 0 Å². The molecule has 0 fully saturated rings. The highest BCUT2D eigenvalue weighted by atomic mass is 16.6. The molecule has 0 aliphatic heterocycles. The van der Waals surface area contributed by atoms with Crippen LogP contribution in [0.4, 0.5) is 17.5 Å². The molecule has 2 aromatic heterocycles. The average molecular weight is 206 g/mol. The molecule has 0 radical (unpaired) electrons. The molecule has 8 nitrogen and oxygen atoms in total. The number of pyridine rings is 1. The third-order valence-electron chi connectivity index (χ3n) is 1.79. The first-order valence-electron chi connectivity index (χ1n) is 3.91. The van der Waals surface area contributed by atoms with Gasteiger partial charge < -0.3 is 11.5 Å². The summed E-state index contributed by atoms with van der Waals surface area (Å²) in [6.07, 6.45) is 1.09. The fraction of sp³-hybridized carbons (Fsp3) is 0. The van der Waals surface area contributed by atoms with Crippen molar-refractivity contribution in [3.05, 3.63) is 22.4 Å². The molecule has 8 heteroatoms. The maximum absolute atomic E-state index is 10.5. The first kappa shape index (κ1) is 9.06. The molecule has 0 unspecified atom stereocenters. The van der Waals surface area contributed by atoms with E-state index in [-0.39, 0.29) is 23.1 Å². The Morgan fingerprint density at radius 1 is 1.33 bits per heavy atom. The number of anilines is 2. The summed E-state index contributed by atoms with van der Waals surface area (Å²) >= 11 is 0. The van der Waals surface area contributed by atoms with Crippen molar-refractivity contribution in [1.82, 2.24) is 15.0 Å². The smallest absolute Gasteiger partial charge is 0.288 e. The van der Waals surface area contributed by atoms with Gasteiger partial charge in [-0.05, 0) is 0 Å². The van der Waals surface area contributed by atoms with Crippen molar-refractivity contribution in [2.75, 3.05) is 11.5 Å². The maximum atomic E-state index is 10.5. The number of nitro groups is 1. The minimum absolute atomic E-state index is 0.0126. The molecule has 2 aromatic rings. The summed E-state index contributed by atoms with van der Waals surface area (Å²) in [4.78, 5) is 21.2. The molecular weight excluding hydrogens is 200 g/mol. The van der Waals surface area contributed by atoms with Crippen LogP contribution in [0.1, 0.15) is 0 Å². The molecule has 0 bridgehead atoms. The van der Waals surface area contributed by atoms with E-state index in [2.05, 4.69) is 15.0 Å². The first-order valence-corrected chi connectivity index (χ1v) is 3.91. The first-order chi connectivity index (χ1) is 7.08. The summed E-state index contributed by atoms with van der Waals surface area (Å²) < 4.78 is 0. The Bertz CT molecular complexity index is 554. The van der Waals surface area contributed by atoms with Gasteiger partial charge in [0.15, 0.2) is 5.65 Å². The second-order valence-corrected chi connectivity index (χ2v) is 2.79. The molecule has 0 aliphatic rings. The number of nitrogens with two attached hydrogens (primary N) is 2. The second kappa shape index (κ2) is 3.01. The van der Waals surface area contributed by atoms with Gasteiger partial charge in [-0.15, -0.1) is 0 Å². The van der Waals surface area contributed by atoms with Crippen molar-refractivity contribution in [2.45, 2.75) is 0 Å². The summed E-state index contributed by atoms with van der Waals surface area (Å²) in [7, 11) is 0. The second-order valence-electron chi connectivity index (χ2n) is 2.79. The zero-order valence-electron chi connectivity index (χ0n) is 7.41. The minimum Gasteiger partial charge on any atom is -0.383 e. The zero-order chi connectivity index (χ0) is 11.0. The van der Waals surface area contributed by atoms with Crippen molar-refractivity contribution in [2.24, 2.45) is 0 Å². The highest BCUT2D eigenvalue weighted by molar-refractivity contribution is 5.87. The van der Waals surface area contributed by atoms with Crippen LogP contribution in [0.25, 0.3) is 11.0 Å². The van der Waals surface area contributed by atoms with Gasteiger partial charge >= 0.3 is 0 Å². The highest BCUT2D eigenvalue weighted by Gasteiger charge is 2.11. The quantitative estimate of drug-likeness (QED) is 0.498. The third kappa shape index (κ3) is 1.47. The van der Waals surface area contributed by atoms with Gasteiger partial charge in [-0.25, -0.2) is 4.98 Å². The highest BCUT2D eigenvalue weighted by Crippen LogP contribution is 2.21. The van der Waals surface area contributed by atoms with Gasteiger partial charge in [0.25, 0.3) is 5.69 Å². The number of aromatic nitrogens is 3. The number of rotatable bonds is 1.